The summed E-state index contributed by atoms with van der Waals surface area (Å²) in [5.74, 6) is -0.722. The molecule has 0 saturated carbocycles. The highest BCUT2D eigenvalue weighted by Gasteiger charge is 2.45. The summed E-state index contributed by atoms with van der Waals surface area (Å²) in [6.45, 7) is 7.04. The number of benzene rings is 2. The molecular formula is C38H39ClF2N8O4. The molecule has 1 amide bonds. The van der Waals surface area contributed by atoms with Gasteiger partial charge in [0.1, 0.15) is 35.1 Å². The molecule has 3 saturated heterocycles. The predicted octanol–water partition coefficient (Wildman–Crippen LogP) is 6.00. The molecular weight excluding hydrogens is 706 g/mol. The van der Waals surface area contributed by atoms with Crippen LogP contribution in [0.25, 0.3) is 39.0 Å². The largest absolute Gasteiger partial charge is 0.461 e. The molecule has 3 aliphatic rings. The number of aromatic nitrogens is 5. The minimum Gasteiger partial charge on any atom is -0.461 e. The van der Waals surface area contributed by atoms with Gasteiger partial charge in [0.25, 0.3) is 5.89 Å². The lowest BCUT2D eigenvalue weighted by Crippen LogP contribution is -2.53. The number of amides is 1. The van der Waals surface area contributed by atoms with Crippen molar-refractivity contribution < 1.29 is 27.9 Å². The van der Waals surface area contributed by atoms with E-state index in [1.807, 2.05) is 11.9 Å². The molecule has 2 aromatic carbocycles. The van der Waals surface area contributed by atoms with E-state index in [0.29, 0.717) is 53.8 Å². The Balaban J connectivity index is 1.06. The van der Waals surface area contributed by atoms with E-state index in [0.717, 1.165) is 38.8 Å². The average molecular weight is 745 g/mol. The maximum atomic E-state index is 16.8. The second-order valence-electron chi connectivity index (χ2n) is 14.8. The number of aliphatic hydroxyl groups is 1. The lowest BCUT2D eigenvalue weighted by molar-refractivity contribution is -0.131. The lowest BCUT2D eigenvalue weighted by Gasteiger charge is -2.40. The number of anilines is 1. The molecule has 15 heteroatoms. The topological polar surface area (TPSA) is 134 Å². The fourth-order valence-electron chi connectivity index (χ4n) is 7.87. The van der Waals surface area contributed by atoms with Crippen molar-refractivity contribution in [3.63, 3.8) is 0 Å². The molecule has 0 atom stereocenters. The maximum Gasteiger partial charge on any atom is 0.319 e. The highest BCUT2D eigenvalue weighted by molar-refractivity contribution is 6.36. The molecule has 0 aliphatic carbocycles. The van der Waals surface area contributed by atoms with Gasteiger partial charge in [0.05, 0.1) is 15.9 Å². The third kappa shape index (κ3) is 6.57. The normalized spacial score (nSPS) is 17.6. The second-order valence-corrected chi connectivity index (χ2v) is 15.2. The van der Waals surface area contributed by atoms with E-state index in [-0.39, 0.29) is 51.3 Å². The summed E-state index contributed by atoms with van der Waals surface area (Å²) in [5, 5.41) is 15.1. The van der Waals surface area contributed by atoms with E-state index in [9.17, 15) is 14.3 Å². The minimum atomic E-state index is -1.26. The summed E-state index contributed by atoms with van der Waals surface area (Å²) in [6, 6.07) is 8.15. The van der Waals surface area contributed by atoms with Gasteiger partial charge in [0, 0.05) is 61.9 Å². The van der Waals surface area contributed by atoms with Crippen molar-refractivity contribution in [2.75, 3.05) is 51.3 Å². The molecule has 0 radical (unpaired) electrons. The monoisotopic (exact) mass is 744 g/mol. The number of rotatable bonds is 10. The van der Waals surface area contributed by atoms with Crippen molar-refractivity contribution >= 4 is 51.1 Å². The number of fused-ring (bicyclic) bond motifs is 3. The smallest absolute Gasteiger partial charge is 0.319 e. The molecule has 3 aromatic heterocycles. The molecule has 0 spiro atoms. The summed E-state index contributed by atoms with van der Waals surface area (Å²) in [4.78, 5) is 37.0. The van der Waals surface area contributed by atoms with Crippen molar-refractivity contribution in [2.45, 2.75) is 50.7 Å². The van der Waals surface area contributed by atoms with E-state index in [1.54, 1.807) is 43.0 Å². The van der Waals surface area contributed by atoms with Gasteiger partial charge in [-0.3, -0.25) is 14.7 Å². The first-order valence-electron chi connectivity index (χ1n) is 17.8. The summed E-state index contributed by atoms with van der Waals surface area (Å²) < 4.78 is 42.8. The number of pyridine rings is 1. The second kappa shape index (κ2) is 13.6. The van der Waals surface area contributed by atoms with Crippen LogP contribution in [0.3, 0.4) is 0 Å². The first-order valence-corrected chi connectivity index (χ1v) is 18.1. The molecule has 5 aromatic rings. The Bertz CT molecular complexity index is 2240. The van der Waals surface area contributed by atoms with Crippen LogP contribution in [-0.2, 0) is 10.4 Å². The Morgan fingerprint density at radius 3 is 2.66 bits per heavy atom. The van der Waals surface area contributed by atoms with Crippen LogP contribution in [0.5, 0.6) is 6.01 Å². The Kier molecular flexibility index (Phi) is 9.02. The fraction of sp³-hybridized carbons (Fsp3) is 0.421. The molecule has 1 N–H and O–H groups in total. The number of nitrogens with zero attached hydrogens (tertiary/aromatic N) is 8. The summed E-state index contributed by atoms with van der Waals surface area (Å²) >= 11 is 6.42. The number of carbonyl (C=O) groups is 1. The van der Waals surface area contributed by atoms with E-state index in [1.165, 1.54) is 24.4 Å². The molecule has 276 valence electrons. The van der Waals surface area contributed by atoms with Gasteiger partial charge in [-0.1, -0.05) is 41.0 Å². The summed E-state index contributed by atoms with van der Waals surface area (Å²) in [7, 11) is 1.86. The van der Waals surface area contributed by atoms with E-state index < -0.39 is 17.2 Å². The fourth-order valence-corrected chi connectivity index (χ4v) is 8.14. The zero-order valence-electron chi connectivity index (χ0n) is 29.7. The van der Waals surface area contributed by atoms with Crippen molar-refractivity contribution in [3.8, 4) is 17.3 Å². The first kappa shape index (κ1) is 35.3. The van der Waals surface area contributed by atoms with Crippen molar-refractivity contribution in [1.29, 1.82) is 0 Å². The number of ether oxygens (including phenoxy) is 1. The van der Waals surface area contributed by atoms with E-state index in [2.05, 4.69) is 25.0 Å². The van der Waals surface area contributed by atoms with Crippen LogP contribution in [0.2, 0.25) is 5.02 Å². The lowest BCUT2D eigenvalue weighted by atomic mass is 9.95. The van der Waals surface area contributed by atoms with Crippen molar-refractivity contribution in [2.24, 2.45) is 5.92 Å². The number of hydrogen-bond acceptors (Lipinski definition) is 11. The Hall–Kier alpha value is -4.79. The highest BCUT2D eigenvalue weighted by Crippen LogP contribution is 2.41. The van der Waals surface area contributed by atoms with Gasteiger partial charge < -0.3 is 24.2 Å². The third-order valence-electron chi connectivity index (χ3n) is 10.6. The third-order valence-corrected chi connectivity index (χ3v) is 11.0. The van der Waals surface area contributed by atoms with Gasteiger partial charge >= 0.3 is 6.01 Å². The number of hydrogen-bond donors (Lipinski definition) is 1. The Labute approximate surface area is 309 Å². The number of carbonyl (C=O) groups excluding carboxylic acids is 1. The minimum absolute atomic E-state index is 0.0109. The van der Waals surface area contributed by atoms with E-state index in [4.69, 9.17) is 25.8 Å². The SMILES string of the molecule is CN(CC1CN(C(=O)/C=C/c2nc(C(C)(C)O)no2)C1)c1nc(OCC23CCCN2CCC3)nc2c(F)c(-c3cccc4ccc(F)c(Cl)c34)ncc12. The molecule has 12 nitrogen and oxygen atoms in total. The predicted molar refractivity (Wildman–Crippen MR) is 195 cm³/mol. The molecule has 0 bridgehead atoms. The summed E-state index contributed by atoms with van der Waals surface area (Å²) in [5.41, 5.74) is -0.973. The first-order chi connectivity index (χ1) is 25.4. The molecule has 0 unspecified atom stereocenters. The van der Waals surface area contributed by atoms with Gasteiger partial charge in [-0.2, -0.15) is 15.0 Å². The van der Waals surface area contributed by atoms with Crippen LogP contribution in [-0.4, -0.2) is 97.8 Å². The van der Waals surface area contributed by atoms with Crippen LogP contribution >= 0.6 is 11.6 Å². The van der Waals surface area contributed by atoms with E-state index >= 15 is 4.39 Å². The van der Waals surface area contributed by atoms with Gasteiger partial charge in [-0.15, -0.1) is 0 Å². The molecule has 53 heavy (non-hydrogen) atoms. The molecule has 8 rings (SSSR count). The molecule has 3 aliphatic heterocycles. The van der Waals surface area contributed by atoms with Crippen LogP contribution in [0.4, 0.5) is 14.6 Å². The van der Waals surface area contributed by atoms with Crippen LogP contribution in [0.15, 0.2) is 47.1 Å². The van der Waals surface area contributed by atoms with Crippen molar-refractivity contribution in [3.05, 3.63) is 71.0 Å². The van der Waals surface area contributed by atoms with Gasteiger partial charge in [0.2, 0.25) is 11.7 Å². The highest BCUT2D eigenvalue weighted by atomic mass is 35.5. The number of halogens is 3. The Morgan fingerprint density at radius 2 is 1.92 bits per heavy atom. The van der Waals surface area contributed by atoms with Gasteiger partial charge in [-0.25, -0.2) is 8.78 Å². The molecule has 3 fully saturated rings. The zero-order valence-corrected chi connectivity index (χ0v) is 30.4. The van der Waals surface area contributed by atoms with Crippen LogP contribution in [0.1, 0.15) is 51.2 Å². The summed E-state index contributed by atoms with van der Waals surface area (Å²) in [6.07, 6.45) is 8.57. The van der Waals surface area contributed by atoms with Crippen LogP contribution < -0.4 is 9.64 Å². The van der Waals surface area contributed by atoms with Crippen LogP contribution in [0, 0.1) is 17.6 Å². The van der Waals surface area contributed by atoms with Crippen molar-refractivity contribution in [1.82, 2.24) is 34.9 Å². The average Bonchev–Trinajstić information content (AvgIpc) is 3.86. The standard InChI is InChI=1S/C38H39ClF2N8O4/c1-37(2,51)35-43-27(53-46-35)11-12-28(50)48-19-22(20-48)18-47(3)34-25-17-42-32(24-8-4-7-23-9-10-26(40)30(39)29(23)24)31(41)33(25)44-36(45-34)52-21-38-13-5-15-49(38)16-6-14-38/h4,7-12,17,22,51H,5-6,13-16,18-21H2,1-3H3/b12-11+. The zero-order chi connectivity index (χ0) is 37.1. The number of likely N-dealkylation sites (tertiary alicyclic amines) is 1. The van der Waals surface area contributed by atoms with Gasteiger partial charge in [0.15, 0.2) is 5.82 Å². The van der Waals surface area contributed by atoms with Gasteiger partial charge in [-0.05, 0) is 64.1 Å². The quantitative estimate of drug-likeness (QED) is 0.169. The Morgan fingerprint density at radius 1 is 1.15 bits per heavy atom. The molecule has 6 heterocycles. The maximum absolute atomic E-state index is 16.8.